The van der Waals surface area contributed by atoms with Crippen LogP contribution in [0.1, 0.15) is 5.56 Å². The van der Waals surface area contributed by atoms with Crippen molar-refractivity contribution < 1.29 is 4.74 Å². The average molecular weight is 218 g/mol. The van der Waals surface area contributed by atoms with Crippen LogP contribution in [0.3, 0.4) is 0 Å². The summed E-state index contributed by atoms with van der Waals surface area (Å²) in [6.45, 7) is 5.29. The second-order valence-electron chi connectivity index (χ2n) is 3.82. The molecule has 1 saturated heterocycles. The number of hydrogen-bond donors (Lipinski definition) is 0. The molecule has 0 amide bonds. The highest BCUT2D eigenvalue weighted by atomic mass is 16.5. The monoisotopic (exact) mass is 218 g/mol. The van der Waals surface area contributed by atoms with E-state index in [1.807, 2.05) is 19.1 Å². The highest BCUT2D eigenvalue weighted by molar-refractivity contribution is 5.58. The minimum Gasteiger partial charge on any atom is -0.378 e. The summed E-state index contributed by atoms with van der Waals surface area (Å²) in [5, 5.41) is 3.65. The quantitative estimate of drug-likeness (QED) is 0.435. The molecular weight excluding hydrogens is 204 g/mol. The van der Waals surface area contributed by atoms with E-state index in [-0.39, 0.29) is 0 Å². The second-order valence-corrected chi connectivity index (χ2v) is 3.82. The lowest BCUT2D eigenvalue weighted by Gasteiger charge is -2.29. The summed E-state index contributed by atoms with van der Waals surface area (Å²) in [4.78, 5) is 5.06. The maximum atomic E-state index is 8.44. The first-order valence-corrected chi connectivity index (χ1v) is 5.29. The van der Waals surface area contributed by atoms with Crippen molar-refractivity contribution in [3.8, 4) is 0 Å². The third-order valence-corrected chi connectivity index (χ3v) is 2.58. The molecule has 1 fully saturated rings. The van der Waals surface area contributed by atoms with Gasteiger partial charge in [-0.05, 0) is 36.2 Å². The Morgan fingerprint density at radius 3 is 2.75 bits per heavy atom. The van der Waals surface area contributed by atoms with E-state index in [0.29, 0.717) is 5.69 Å². The Morgan fingerprint density at radius 2 is 2.06 bits per heavy atom. The lowest BCUT2D eigenvalue weighted by atomic mass is 10.1. The van der Waals surface area contributed by atoms with Crippen molar-refractivity contribution >= 4 is 11.4 Å². The fraction of sp³-hybridized carbons (Fsp3) is 0.455. The van der Waals surface area contributed by atoms with Crippen LogP contribution in [-0.4, -0.2) is 26.3 Å². The van der Waals surface area contributed by atoms with Gasteiger partial charge in [0.05, 0.1) is 13.2 Å². The lowest BCUT2D eigenvalue weighted by molar-refractivity contribution is 0.122. The Balaban J connectivity index is 2.28. The second kappa shape index (κ2) is 4.88. The van der Waals surface area contributed by atoms with Crippen LogP contribution in [0.5, 0.6) is 0 Å². The Morgan fingerprint density at radius 1 is 1.31 bits per heavy atom. The van der Waals surface area contributed by atoms with E-state index in [1.165, 1.54) is 0 Å². The number of benzene rings is 1. The zero-order valence-corrected chi connectivity index (χ0v) is 9.26. The van der Waals surface area contributed by atoms with Gasteiger partial charge in [-0.3, -0.25) is 0 Å². The van der Waals surface area contributed by atoms with Crippen molar-refractivity contribution in [2.45, 2.75) is 6.92 Å². The van der Waals surface area contributed by atoms with E-state index in [4.69, 9.17) is 10.3 Å². The molecule has 1 aromatic carbocycles. The number of ether oxygens (including phenoxy) is 1. The summed E-state index contributed by atoms with van der Waals surface area (Å²) >= 11 is 0. The molecule has 1 aromatic rings. The van der Waals surface area contributed by atoms with Gasteiger partial charge >= 0.3 is 0 Å². The number of hydrogen-bond acceptors (Lipinski definition) is 3. The molecule has 0 N–H and O–H groups in total. The molecule has 16 heavy (non-hydrogen) atoms. The Kier molecular flexibility index (Phi) is 3.29. The molecule has 84 valence electrons. The molecule has 1 aliphatic heterocycles. The normalized spacial score (nSPS) is 15.7. The van der Waals surface area contributed by atoms with E-state index >= 15 is 0 Å². The molecule has 0 aromatic heterocycles. The third kappa shape index (κ3) is 2.45. The molecule has 0 aliphatic carbocycles. The van der Waals surface area contributed by atoms with Gasteiger partial charge < -0.3 is 9.64 Å². The summed E-state index contributed by atoms with van der Waals surface area (Å²) in [6.07, 6.45) is 0. The number of nitrogens with zero attached hydrogens (tertiary/aromatic N) is 4. The van der Waals surface area contributed by atoms with Crippen molar-refractivity contribution in [3.05, 3.63) is 34.2 Å². The minimum atomic E-state index is 0.670. The van der Waals surface area contributed by atoms with Crippen LogP contribution >= 0.6 is 0 Å². The van der Waals surface area contributed by atoms with Gasteiger partial charge in [-0.15, -0.1) is 0 Å². The smallest absolute Gasteiger partial charge is 0.0642 e. The van der Waals surface area contributed by atoms with Crippen LogP contribution < -0.4 is 4.90 Å². The standard InChI is InChI=1S/C11H14N4O/c1-9-6-10(13-14-12)8-11(7-9)15-2-4-16-5-3-15/h6-8H,2-5H2,1H3. The van der Waals surface area contributed by atoms with E-state index < -0.39 is 0 Å². The Bertz CT molecular complexity index is 420. The van der Waals surface area contributed by atoms with Crippen molar-refractivity contribution in [1.82, 2.24) is 0 Å². The van der Waals surface area contributed by atoms with Gasteiger partial charge in [0.25, 0.3) is 0 Å². The molecule has 1 heterocycles. The van der Waals surface area contributed by atoms with Gasteiger partial charge in [-0.2, -0.15) is 0 Å². The van der Waals surface area contributed by atoms with Crippen molar-refractivity contribution in [2.75, 3.05) is 31.2 Å². The molecule has 0 spiro atoms. The SMILES string of the molecule is Cc1cc(N=[N+]=[N-])cc(N2CCOCC2)c1. The maximum Gasteiger partial charge on any atom is 0.0642 e. The van der Waals surface area contributed by atoms with Gasteiger partial charge in [0.1, 0.15) is 0 Å². The largest absolute Gasteiger partial charge is 0.378 e. The first kappa shape index (κ1) is 10.8. The number of azide groups is 1. The minimum absolute atomic E-state index is 0.670. The van der Waals surface area contributed by atoms with Crippen LogP contribution in [0.4, 0.5) is 11.4 Å². The van der Waals surface area contributed by atoms with Crippen molar-refractivity contribution in [1.29, 1.82) is 0 Å². The van der Waals surface area contributed by atoms with Gasteiger partial charge in [-0.1, -0.05) is 5.11 Å². The summed E-state index contributed by atoms with van der Waals surface area (Å²) in [6, 6.07) is 5.89. The molecule has 0 atom stereocenters. The van der Waals surface area contributed by atoms with Crippen LogP contribution in [-0.2, 0) is 4.74 Å². The first-order chi connectivity index (χ1) is 7.79. The highest BCUT2D eigenvalue weighted by Crippen LogP contribution is 2.24. The van der Waals surface area contributed by atoms with Crippen LogP contribution in [0.2, 0.25) is 0 Å². The number of morpholine rings is 1. The molecular formula is C11H14N4O. The summed E-state index contributed by atoms with van der Waals surface area (Å²) in [5.74, 6) is 0. The first-order valence-electron chi connectivity index (χ1n) is 5.29. The van der Waals surface area contributed by atoms with Crippen molar-refractivity contribution in [3.63, 3.8) is 0 Å². The Hall–Kier alpha value is -1.71. The molecule has 2 rings (SSSR count). The number of aryl methyl sites for hydroxylation is 1. The fourth-order valence-electron chi connectivity index (χ4n) is 1.86. The molecule has 5 heteroatoms. The third-order valence-electron chi connectivity index (χ3n) is 2.58. The summed E-state index contributed by atoms with van der Waals surface area (Å²) in [5.41, 5.74) is 11.3. The van der Waals surface area contributed by atoms with E-state index in [1.54, 1.807) is 0 Å². The van der Waals surface area contributed by atoms with Gasteiger partial charge in [-0.25, -0.2) is 0 Å². The molecule has 0 bridgehead atoms. The average Bonchev–Trinajstić information content (AvgIpc) is 2.30. The fourth-order valence-corrected chi connectivity index (χ4v) is 1.86. The van der Waals surface area contributed by atoms with E-state index in [2.05, 4.69) is 21.0 Å². The van der Waals surface area contributed by atoms with Crippen LogP contribution in [0, 0.1) is 6.92 Å². The van der Waals surface area contributed by atoms with E-state index in [9.17, 15) is 0 Å². The number of rotatable bonds is 2. The van der Waals surface area contributed by atoms with Gasteiger partial charge in [0.2, 0.25) is 0 Å². The molecule has 5 nitrogen and oxygen atoms in total. The van der Waals surface area contributed by atoms with E-state index in [0.717, 1.165) is 37.6 Å². The summed E-state index contributed by atoms with van der Waals surface area (Å²) in [7, 11) is 0. The molecule has 0 unspecified atom stereocenters. The zero-order valence-electron chi connectivity index (χ0n) is 9.26. The summed E-state index contributed by atoms with van der Waals surface area (Å²) < 4.78 is 5.31. The zero-order chi connectivity index (χ0) is 11.4. The topological polar surface area (TPSA) is 61.2 Å². The highest BCUT2D eigenvalue weighted by Gasteiger charge is 2.11. The molecule has 0 saturated carbocycles. The van der Waals surface area contributed by atoms with Gasteiger partial charge in [0, 0.05) is 29.4 Å². The predicted molar refractivity (Wildman–Crippen MR) is 63.0 cm³/mol. The molecule has 0 radical (unpaired) electrons. The maximum absolute atomic E-state index is 8.44. The van der Waals surface area contributed by atoms with Crippen LogP contribution in [0.25, 0.3) is 10.4 Å². The van der Waals surface area contributed by atoms with Gasteiger partial charge in [0.15, 0.2) is 0 Å². The molecule has 1 aliphatic rings. The lowest BCUT2D eigenvalue weighted by Crippen LogP contribution is -2.36. The van der Waals surface area contributed by atoms with Crippen LogP contribution in [0.15, 0.2) is 23.3 Å². The number of anilines is 1. The predicted octanol–water partition coefficient (Wildman–Crippen LogP) is 2.77. The Labute approximate surface area is 94.3 Å². The van der Waals surface area contributed by atoms with Crippen molar-refractivity contribution in [2.24, 2.45) is 5.11 Å².